The Labute approximate surface area is 227 Å². The second-order valence-electron chi connectivity index (χ2n) is 9.24. The van der Waals surface area contributed by atoms with Crippen LogP contribution in [0, 0.1) is 0 Å². The lowest BCUT2D eigenvalue weighted by Crippen LogP contribution is -2.29. The Morgan fingerprint density at radius 2 is 1.97 bits per heavy atom. The maximum absolute atomic E-state index is 13.7. The highest BCUT2D eigenvalue weighted by Gasteiger charge is 2.32. The van der Waals surface area contributed by atoms with Gasteiger partial charge in [-0.05, 0) is 56.4 Å². The van der Waals surface area contributed by atoms with Gasteiger partial charge in [-0.3, -0.25) is 4.79 Å². The summed E-state index contributed by atoms with van der Waals surface area (Å²) in [6.07, 6.45) is -2.46. The molecule has 0 aliphatic carbocycles. The summed E-state index contributed by atoms with van der Waals surface area (Å²) in [5, 5.41) is 5.87. The molecule has 0 unspecified atom stereocenters. The van der Waals surface area contributed by atoms with Crippen molar-refractivity contribution in [3.05, 3.63) is 58.9 Å². The average molecular weight is 563 g/mol. The predicted octanol–water partition coefficient (Wildman–Crippen LogP) is 5.14. The molecule has 13 heteroatoms. The summed E-state index contributed by atoms with van der Waals surface area (Å²) in [6, 6.07) is 7.91. The van der Waals surface area contributed by atoms with Crippen LogP contribution < -0.4 is 25.0 Å². The average Bonchev–Trinajstić information content (AvgIpc) is 3.14. The molecule has 0 saturated carbocycles. The van der Waals surface area contributed by atoms with Crippen molar-refractivity contribution in [3.63, 3.8) is 0 Å². The number of carbonyl (C=O) groups excluding carboxylic acids is 1. The summed E-state index contributed by atoms with van der Waals surface area (Å²) in [5.74, 6) is 0.383. The Morgan fingerprint density at radius 3 is 2.79 bits per heavy atom. The summed E-state index contributed by atoms with van der Waals surface area (Å²) in [5.41, 5.74) is -0.274. The first-order valence-electron chi connectivity index (χ1n) is 12.3. The number of benzene rings is 2. The summed E-state index contributed by atoms with van der Waals surface area (Å²) in [6.45, 7) is 3.74. The molecular weight excluding hydrogens is 537 g/mol. The van der Waals surface area contributed by atoms with E-state index in [0.717, 1.165) is 31.6 Å². The van der Waals surface area contributed by atoms with Crippen LogP contribution in [0.1, 0.15) is 22.3 Å². The third-order valence-electron chi connectivity index (χ3n) is 6.40. The van der Waals surface area contributed by atoms with Gasteiger partial charge in [0.25, 0.3) is 11.8 Å². The Hall–Kier alpha value is -3.77. The molecule has 2 aliphatic heterocycles. The van der Waals surface area contributed by atoms with Crippen LogP contribution in [0.5, 0.6) is 17.4 Å². The minimum absolute atomic E-state index is 0.0317. The molecule has 5 rings (SSSR count). The highest BCUT2D eigenvalue weighted by Crippen LogP contribution is 2.39. The number of fused-ring (bicyclic) bond motifs is 1. The fraction of sp³-hybridized carbons (Fsp3) is 0.346. The quantitative estimate of drug-likeness (QED) is 0.442. The molecule has 39 heavy (non-hydrogen) atoms. The van der Waals surface area contributed by atoms with Crippen molar-refractivity contribution in [1.29, 1.82) is 0 Å². The first-order chi connectivity index (χ1) is 18.7. The minimum atomic E-state index is -4.58. The zero-order chi connectivity index (χ0) is 27.6. The largest absolute Gasteiger partial charge is 0.483 e. The molecule has 3 aromatic rings. The number of ether oxygens (including phenoxy) is 2. The van der Waals surface area contributed by atoms with Gasteiger partial charge in [0.1, 0.15) is 18.7 Å². The van der Waals surface area contributed by atoms with E-state index in [9.17, 15) is 18.0 Å². The van der Waals surface area contributed by atoms with Gasteiger partial charge in [0.05, 0.1) is 17.1 Å². The van der Waals surface area contributed by atoms with Crippen LogP contribution in [0.25, 0.3) is 0 Å². The number of hydrogen-bond acceptors (Lipinski definition) is 8. The van der Waals surface area contributed by atoms with Crippen molar-refractivity contribution in [2.75, 3.05) is 61.9 Å². The van der Waals surface area contributed by atoms with Crippen LogP contribution >= 0.6 is 11.6 Å². The summed E-state index contributed by atoms with van der Waals surface area (Å²) < 4.78 is 52.7. The van der Waals surface area contributed by atoms with Crippen LogP contribution in [0.4, 0.5) is 30.4 Å². The van der Waals surface area contributed by atoms with Crippen LogP contribution in [-0.4, -0.2) is 67.2 Å². The van der Waals surface area contributed by atoms with Gasteiger partial charge in [0.2, 0.25) is 5.75 Å². The number of anilines is 3. The van der Waals surface area contributed by atoms with Gasteiger partial charge >= 0.3 is 6.18 Å². The molecule has 1 aromatic heterocycles. The van der Waals surface area contributed by atoms with E-state index in [1.54, 1.807) is 6.07 Å². The van der Waals surface area contributed by atoms with E-state index in [0.29, 0.717) is 43.5 Å². The number of halogens is 4. The van der Waals surface area contributed by atoms with Crippen molar-refractivity contribution in [2.24, 2.45) is 0 Å². The van der Waals surface area contributed by atoms with E-state index in [1.807, 2.05) is 11.9 Å². The number of nitrogens with one attached hydrogen (secondary N) is 2. The van der Waals surface area contributed by atoms with Gasteiger partial charge in [-0.1, -0.05) is 11.6 Å². The summed E-state index contributed by atoms with van der Waals surface area (Å²) in [7, 11) is 1.98. The Morgan fingerprint density at radius 1 is 1.13 bits per heavy atom. The maximum atomic E-state index is 13.7. The standard InChI is InChI=1S/C26H26ClF3N6O3/c1-35-6-2-7-36(9-8-35)19-13-17(26(28,29)30)12-18(14-19)34-24(37)16-3-4-20(27)21(11-16)39-25-22-23(32-15-33-25)31-5-10-38-22/h3-4,11-15H,2,5-10H2,1H3,(H,34,37)(H,31,32,33). The lowest BCUT2D eigenvalue weighted by molar-refractivity contribution is -0.137. The third-order valence-corrected chi connectivity index (χ3v) is 6.71. The highest BCUT2D eigenvalue weighted by atomic mass is 35.5. The second-order valence-corrected chi connectivity index (χ2v) is 9.65. The first-order valence-corrected chi connectivity index (χ1v) is 12.7. The van der Waals surface area contributed by atoms with Crippen molar-refractivity contribution in [1.82, 2.24) is 14.9 Å². The molecule has 2 N–H and O–H groups in total. The number of amides is 1. The van der Waals surface area contributed by atoms with E-state index in [-0.39, 0.29) is 27.9 Å². The van der Waals surface area contributed by atoms with Gasteiger partial charge in [-0.15, -0.1) is 0 Å². The molecule has 0 spiro atoms. The Kier molecular flexibility index (Phi) is 7.67. The first kappa shape index (κ1) is 26.8. The number of alkyl halides is 3. The summed E-state index contributed by atoms with van der Waals surface area (Å²) >= 11 is 6.31. The molecule has 0 bridgehead atoms. The summed E-state index contributed by atoms with van der Waals surface area (Å²) in [4.78, 5) is 25.4. The molecule has 9 nitrogen and oxygen atoms in total. The second kappa shape index (κ2) is 11.1. The van der Waals surface area contributed by atoms with E-state index >= 15 is 0 Å². The molecule has 1 amide bonds. The third kappa shape index (κ3) is 6.28. The number of likely N-dealkylation sites (N-methyl/N-ethyl adjacent to an activating group) is 1. The van der Waals surface area contributed by atoms with E-state index in [1.165, 1.54) is 24.5 Å². The smallest absolute Gasteiger partial charge is 0.416 e. The van der Waals surface area contributed by atoms with Gasteiger partial charge in [-0.25, -0.2) is 4.98 Å². The number of nitrogens with zero attached hydrogens (tertiary/aromatic N) is 4. The number of hydrogen-bond donors (Lipinski definition) is 2. The van der Waals surface area contributed by atoms with E-state index in [4.69, 9.17) is 21.1 Å². The van der Waals surface area contributed by atoms with Gasteiger partial charge in [-0.2, -0.15) is 18.2 Å². The molecule has 206 valence electrons. The SMILES string of the molecule is CN1CCCN(c2cc(NC(=O)c3ccc(Cl)c(Oc4ncnc5c4OCCN5)c3)cc(C(F)(F)F)c2)CC1. The molecule has 0 radical (unpaired) electrons. The molecule has 1 fully saturated rings. The monoisotopic (exact) mass is 562 g/mol. The topological polar surface area (TPSA) is 91.9 Å². The fourth-order valence-electron chi connectivity index (χ4n) is 4.37. The van der Waals surface area contributed by atoms with E-state index < -0.39 is 17.6 Å². The predicted molar refractivity (Wildman–Crippen MR) is 141 cm³/mol. The van der Waals surface area contributed by atoms with Crippen LogP contribution in [-0.2, 0) is 6.18 Å². The molecule has 2 aliphatic rings. The van der Waals surface area contributed by atoms with Crippen molar-refractivity contribution in [2.45, 2.75) is 12.6 Å². The van der Waals surface area contributed by atoms with Crippen molar-refractivity contribution < 1.29 is 27.4 Å². The zero-order valence-corrected chi connectivity index (χ0v) is 21.8. The zero-order valence-electron chi connectivity index (χ0n) is 21.0. The Balaban J connectivity index is 1.40. The number of carbonyl (C=O) groups is 1. The normalized spacial score (nSPS) is 16.0. The van der Waals surface area contributed by atoms with Crippen LogP contribution in [0.15, 0.2) is 42.7 Å². The lowest BCUT2D eigenvalue weighted by Gasteiger charge is -2.25. The number of aromatic nitrogens is 2. The minimum Gasteiger partial charge on any atom is -0.483 e. The molecule has 2 aromatic carbocycles. The molecule has 1 saturated heterocycles. The van der Waals surface area contributed by atoms with Crippen LogP contribution in [0.3, 0.4) is 0 Å². The lowest BCUT2D eigenvalue weighted by atomic mass is 10.1. The fourth-order valence-corrected chi connectivity index (χ4v) is 4.53. The molecular formula is C26H26ClF3N6O3. The Bertz CT molecular complexity index is 1370. The molecule has 3 heterocycles. The number of rotatable bonds is 5. The van der Waals surface area contributed by atoms with Crippen molar-refractivity contribution in [3.8, 4) is 17.4 Å². The highest BCUT2D eigenvalue weighted by molar-refractivity contribution is 6.32. The maximum Gasteiger partial charge on any atom is 0.416 e. The van der Waals surface area contributed by atoms with Gasteiger partial charge in [0.15, 0.2) is 5.82 Å². The van der Waals surface area contributed by atoms with Gasteiger partial charge < -0.3 is 29.9 Å². The van der Waals surface area contributed by atoms with Crippen molar-refractivity contribution >= 4 is 34.7 Å². The van der Waals surface area contributed by atoms with Gasteiger partial charge in [0, 0.05) is 36.6 Å². The molecule has 0 atom stereocenters. The van der Waals surface area contributed by atoms with E-state index in [2.05, 4.69) is 25.5 Å². The van der Waals surface area contributed by atoms with Crippen LogP contribution in [0.2, 0.25) is 5.02 Å².